The van der Waals surface area contributed by atoms with Crippen molar-refractivity contribution in [2.45, 2.75) is 18.7 Å². The Kier molecular flexibility index (Phi) is 6.22. The number of ether oxygens (including phenoxy) is 1. The second-order valence-corrected chi connectivity index (χ2v) is 7.30. The van der Waals surface area contributed by atoms with E-state index in [9.17, 15) is 13.2 Å². The van der Waals surface area contributed by atoms with Gasteiger partial charge in [0.25, 0.3) is 10.0 Å². The first-order valence-electron chi connectivity index (χ1n) is 7.55. The lowest BCUT2D eigenvalue weighted by Crippen LogP contribution is -2.13. The molecule has 0 saturated heterocycles. The van der Waals surface area contributed by atoms with Crippen LogP contribution in [0.2, 0.25) is 5.02 Å². The fraction of sp³-hybridized carbons (Fsp3) is 0.167. The molecule has 0 radical (unpaired) electrons. The Morgan fingerprint density at radius 1 is 1.20 bits per heavy atom. The van der Waals surface area contributed by atoms with Crippen molar-refractivity contribution in [3.63, 3.8) is 0 Å². The van der Waals surface area contributed by atoms with Crippen molar-refractivity contribution >= 4 is 39.4 Å². The van der Waals surface area contributed by atoms with Gasteiger partial charge in [-0.2, -0.15) is 0 Å². The molecule has 7 heteroatoms. The molecule has 0 bridgehead atoms. The minimum absolute atomic E-state index is 0.0195. The molecule has 1 N–H and O–H groups in total. The molecule has 0 aliphatic carbocycles. The molecule has 0 amide bonds. The lowest BCUT2D eigenvalue weighted by Gasteiger charge is -2.10. The van der Waals surface area contributed by atoms with Gasteiger partial charge < -0.3 is 4.74 Å². The molecule has 25 heavy (non-hydrogen) atoms. The van der Waals surface area contributed by atoms with Crippen molar-refractivity contribution in [1.82, 2.24) is 0 Å². The lowest BCUT2D eigenvalue weighted by atomic mass is 10.2. The molecule has 2 aromatic carbocycles. The average Bonchev–Trinajstić information content (AvgIpc) is 2.54. The Labute approximate surface area is 152 Å². The van der Waals surface area contributed by atoms with Crippen LogP contribution in [-0.2, 0) is 19.6 Å². The van der Waals surface area contributed by atoms with Crippen LogP contribution in [-0.4, -0.2) is 21.0 Å². The van der Waals surface area contributed by atoms with Gasteiger partial charge in [-0.05, 0) is 55.3 Å². The van der Waals surface area contributed by atoms with E-state index in [2.05, 4.69) is 4.72 Å². The average molecular weight is 380 g/mol. The zero-order chi connectivity index (χ0) is 18.4. The molecule has 2 rings (SSSR count). The summed E-state index contributed by atoms with van der Waals surface area (Å²) in [4.78, 5) is 11.3. The van der Waals surface area contributed by atoms with E-state index in [0.29, 0.717) is 12.3 Å². The molecule has 132 valence electrons. The zero-order valence-electron chi connectivity index (χ0n) is 13.8. The number of carbonyl (C=O) groups excluding carboxylic acids is 1. The number of benzene rings is 2. The Morgan fingerprint density at radius 2 is 1.88 bits per heavy atom. The fourth-order valence-corrected chi connectivity index (χ4v) is 3.71. The minimum Gasteiger partial charge on any atom is -0.463 e. The number of esters is 1. The van der Waals surface area contributed by atoms with Gasteiger partial charge in [-0.3, -0.25) is 4.72 Å². The number of hydrogen-bond acceptors (Lipinski definition) is 4. The highest BCUT2D eigenvalue weighted by Gasteiger charge is 2.17. The maximum absolute atomic E-state index is 12.4. The molecule has 0 spiro atoms. The number of halogens is 1. The summed E-state index contributed by atoms with van der Waals surface area (Å²) in [5.41, 5.74) is 2.01. The van der Waals surface area contributed by atoms with E-state index in [1.165, 1.54) is 12.1 Å². The number of anilines is 1. The van der Waals surface area contributed by atoms with Crippen LogP contribution in [0.15, 0.2) is 53.4 Å². The largest absolute Gasteiger partial charge is 0.463 e. The Bertz CT molecular complexity index is 890. The number of sulfonamides is 1. The van der Waals surface area contributed by atoms with Gasteiger partial charge in [0.1, 0.15) is 4.90 Å². The van der Waals surface area contributed by atoms with Gasteiger partial charge >= 0.3 is 5.97 Å². The Hall–Kier alpha value is -2.31. The van der Waals surface area contributed by atoms with Crippen LogP contribution in [0.5, 0.6) is 0 Å². The molecule has 0 aromatic heterocycles. The standard InChI is InChI=1S/C18H18ClNO4S/c1-3-24-18(21)11-7-14-5-8-15(9-6-14)20-25(22,23)17-10-4-13(2)12-16(17)19/h4-12,20H,3H2,1-2H3/b11-7+. The quantitative estimate of drug-likeness (QED) is 0.607. The molecule has 0 aliphatic rings. The summed E-state index contributed by atoms with van der Waals surface area (Å²) in [5.74, 6) is -0.429. The number of carbonyl (C=O) groups is 1. The summed E-state index contributed by atoms with van der Waals surface area (Å²) >= 11 is 6.03. The maximum atomic E-state index is 12.4. The Balaban J connectivity index is 2.13. The van der Waals surface area contributed by atoms with E-state index >= 15 is 0 Å². The maximum Gasteiger partial charge on any atom is 0.330 e. The minimum atomic E-state index is -3.78. The van der Waals surface area contributed by atoms with Crippen LogP contribution in [0.25, 0.3) is 6.08 Å². The van der Waals surface area contributed by atoms with Crippen LogP contribution in [0.1, 0.15) is 18.1 Å². The molecule has 2 aromatic rings. The van der Waals surface area contributed by atoms with Gasteiger partial charge in [-0.15, -0.1) is 0 Å². The highest BCUT2D eigenvalue weighted by atomic mass is 35.5. The van der Waals surface area contributed by atoms with Crippen molar-refractivity contribution in [2.75, 3.05) is 11.3 Å². The summed E-state index contributed by atoms with van der Waals surface area (Å²) in [7, 11) is -3.78. The summed E-state index contributed by atoms with van der Waals surface area (Å²) < 4.78 is 32.1. The fourth-order valence-electron chi connectivity index (χ4n) is 2.05. The Morgan fingerprint density at radius 3 is 2.48 bits per heavy atom. The van der Waals surface area contributed by atoms with E-state index < -0.39 is 16.0 Å². The van der Waals surface area contributed by atoms with Crippen LogP contribution in [0.4, 0.5) is 5.69 Å². The molecular weight excluding hydrogens is 362 g/mol. The highest BCUT2D eigenvalue weighted by Crippen LogP contribution is 2.25. The van der Waals surface area contributed by atoms with Crippen LogP contribution >= 0.6 is 11.6 Å². The van der Waals surface area contributed by atoms with Gasteiger partial charge in [-0.25, -0.2) is 13.2 Å². The summed E-state index contributed by atoms with van der Waals surface area (Å²) in [6.07, 6.45) is 2.90. The predicted octanol–water partition coefficient (Wildman–Crippen LogP) is 4.03. The van der Waals surface area contributed by atoms with Gasteiger partial charge in [0.05, 0.1) is 11.6 Å². The van der Waals surface area contributed by atoms with Crippen LogP contribution in [0, 0.1) is 6.92 Å². The third-order valence-corrected chi connectivity index (χ3v) is 5.10. The third-order valence-electron chi connectivity index (χ3n) is 3.24. The lowest BCUT2D eigenvalue weighted by molar-refractivity contribution is -0.137. The molecule has 0 heterocycles. The summed E-state index contributed by atoms with van der Waals surface area (Å²) in [6.45, 7) is 3.87. The first kappa shape index (κ1) is 19.0. The van der Waals surface area contributed by atoms with Crippen molar-refractivity contribution < 1.29 is 17.9 Å². The van der Waals surface area contributed by atoms with Crippen molar-refractivity contribution in [3.05, 3.63) is 64.7 Å². The number of hydrogen-bond donors (Lipinski definition) is 1. The molecule has 0 aliphatic heterocycles. The second kappa shape index (κ2) is 8.18. The number of aryl methyl sites for hydroxylation is 1. The van der Waals surface area contributed by atoms with Crippen molar-refractivity contribution in [3.8, 4) is 0 Å². The van der Waals surface area contributed by atoms with Gasteiger partial charge in [0, 0.05) is 11.8 Å². The second-order valence-electron chi connectivity index (χ2n) is 5.25. The van der Waals surface area contributed by atoms with E-state index in [0.717, 1.165) is 11.1 Å². The normalized spacial score (nSPS) is 11.5. The van der Waals surface area contributed by atoms with E-state index in [1.807, 2.05) is 6.92 Å². The van der Waals surface area contributed by atoms with Crippen molar-refractivity contribution in [2.24, 2.45) is 0 Å². The molecule has 5 nitrogen and oxygen atoms in total. The smallest absolute Gasteiger partial charge is 0.330 e. The van der Waals surface area contributed by atoms with E-state index in [1.54, 1.807) is 49.4 Å². The van der Waals surface area contributed by atoms with E-state index in [-0.39, 0.29) is 9.92 Å². The highest BCUT2D eigenvalue weighted by molar-refractivity contribution is 7.92. The topological polar surface area (TPSA) is 72.5 Å². The van der Waals surface area contributed by atoms with Gasteiger partial charge in [0.15, 0.2) is 0 Å². The number of nitrogens with one attached hydrogen (secondary N) is 1. The first-order valence-corrected chi connectivity index (χ1v) is 9.42. The molecular formula is C18H18ClNO4S. The predicted molar refractivity (Wildman–Crippen MR) is 99.1 cm³/mol. The summed E-state index contributed by atoms with van der Waals surface area (Å²) in [5, 5.41) is 0.168. The molecule has 0 atom stereocenters. The van der Waals surface area contributed by atoms with Crippen molar-refractivity contribution in [1.29, 1.82) is 0 Å². The van der Waals surface area contributed by atoms with E-state index in [4.69, 9.17) is 16.3 Å². The zero-order valence-corrected chi connectivity index (χ0v) is 15.4. The summed E-state index contributed by atoms with van der Waals surface area (Å²) in [6, 6.07) is 11.3. The SMILES string of the molecule is CCOC(=O)/C=C/c1ccc(NS(=O)(=O)c2ccc(C)cc2Cl)cc1. The molecule has 0 fully saturated rings. The van der Waals surface area contributed by atoms with Crippen LogP contribution in [0.3, 0.4) is 0 Å². The van der Waals surface area contributed by atoms with Gasteiger partial charge in [0.2, 0.25) is 0 Å². The monoisotopic (exact) mass is 379 g/mol. The molecule has 0 unspecified atom stereocenters. The molecule has 0 saturated carbocycles. The van der Waals surface area contributed by atoms with Crippen LogP contribution < -0.4 is 4.72 Å². The first-order chi connectivity index (χ1) is 11.8. The third kappa shape index (κ3) is 5.34. The number of rotatable bonds is 6. The van der Waals surface area contributed by atoms with Gasteiger partial charge in [-0.1, -0.05) is 29.8 Å².